The highest BCUT2D eigenvalue weighted by Gasteiger charge is 2.08. The van der Waals surface area contributed by atoms with Crippen molar-refractivity contribution in [2.75, 3.05) is 31.3 Å². The molecule has 0 saturated carbocycles. The van der Waals surface area contributed by atoms with E-state index in [2.05, 4.69) is 33.9 Å². The van der Waals surface area contributed by atoms with Crippen LogP contribution in [0.5, 0.6) is 5.75 Å². The molecular formula is C16H19BrN2O. The zero-order valence-corrected chi connectivity index (χ0v) is 13.4. The monoisotopic (exact) mass is 334 g/mol. The van der Waals surface area contributed by atoms with Crippen molar-refractivity contribution in [2.45, 2.75) is 6.42 Å². The van der Waals surface area contributed by atoms with Gasteiger partial charge in [-0.05, 0) is 36.2 Å². The zero-order valence-electron chi connectivity index (χ0n) is 11.8. The van der Waals surface area contributed by atoms with Gasteiger partial charge in [0.05, 0.1) is 18.5 Å². The Morgan fingerprint density at radius 3 is 2.65 bits per heavy atom. The van der Waals surface area contributed by atoms with Crippen LogP contribution in [0.2, 0.25) is 0 Å². The number of nitrogens with two attached hydrogens (primary N) is 1. The topological polar surface area (TPSA) is 38.5 Å². The summed E-state index contributed by atoms with van der Waals surface area (Å²) >= 11 is 3.42. The number of hydrogen-bond donors (Lipinski definition) is 1. The lowest BCUT2D eigenvalue weighted by Gasteiger charge is -2.21. The number of rotatable bonds is 5. The third-order valence-electron chi connectivity index (χ3n) is 3.31. The van der Waals surface area contributed by atoms with E-state index in [0.29, 0.717) is 0 Å². The second-order valence-electron chi connectivity index (χ2n) is 4.69. The van der Waals surface area contributed by atoms with E-state index >= 15 is 0 Å². The highest BCUT2D eigenvalue weighted by atomic mass is 79.9. The molecule has 2 aromatic carbocycles. The molecule has 0 aliphatic carbocycles. The summed E-state index contributed by atoms with van der Waals surface area (Å²) in [5.41, 5.74) is 9.08. The highest BCUT2D eigenvalue weighted by Crippen LogP contribution is 2.26. The molecule has 0 bridgehead atoms. The lowest BCUT2D eigenvalue weighted by Crippen LogP contribution is -2.21. The second kappa shape index (κ2) is 6.66. The molecule has 0 saturated heterocycles. The second-order valence-corrected chi connectivity index (χ2v) is 5.60. The average Bonchev–Trinajstić information content (AvgIpc) is 2.45. The molecule has 0 aliphatic heterocycles. The molecule has 3 nitrogen and oxygen atoms in total. The largest absolute Gasteiger partial charge is 0.496 e. The van der Waals surface area contributed by atoms with Crippen LogP contribution in [0.25, 0.3) is 0 Å². The Hall–Kier alpha value is -1.68. The smallest absolute Gasteiger partial charge is 0.122 e. The summed E-state index contributed by atoms with van der Waals surface area (Å²) in [7, 11) is 3.75. The maximum Gasteiger partial charge on any atom is 0.122 e. The zero-order chi connectivity index (χ0) is 14.5. The summed E-state index contributed by atoms with van der Waals surface area (Å²) in [6, 6.07) is 14.1. The van der Waals surface area contributed by atoms with Gasteiger partial charge in [-0.2, -0.15) is 0 Å². The van der Waals surface area contributed by atoms with Crippen LogP contribution in [0.15, 0.2) is 46.9 Å². The minimum atomic E-state index is 0.780. The Bertz CT molecular complexity index is 586. The fraction of sp³-hybridized carbons (Fsp3) is 0.250. The Morgan fingerprint density at radius 1 is 1.20 bits per heavy atom. The Kier molecular flexibility index (Phi) is 4.90. The first-order valence-electron chi connectivity index (χ1n) is 6.50. The van der Waals surface area contributed by atoms with Crippen molar-refractivity contribution in [1.82, 2.24) is 0 Å². The highest BCUT2D eigenvalue weighted by molar-refractivity contribution is 9.10. The number of likely N-dealkylation sites (N-methyl/N-ethyl adjacent to an activating group) is 1. The van der Waals surface area contributed by atoms with Crippen LogP contribution >= 0.6 is 15.9 Å². The number of anilines is 2. The van der Waals surface area contributed by atoms with Crippen molar-refractivity contribution in [3.63, 3.8) is 0 Å². The van der Waals surface area contributed by atoms with Gasteiger partial charge in [0, 0.05) is 18.1 Å². The van der Waals surface area contributed by atoms with Crippen LogP contribution < -0.4 is 15.4 Å². The summed E-state index contributed by atoms with van der Waals surface area (Å²) in [6.45, 7) is 0.881. The van der Waals surface area contributed by atoms with E-state index in [1.807, 2.05) is 36.4 Å². The summed E-state index contributed by atoms with van der Waals surface area (Å²) in [6.07, 6.45) is 0.913. The van der Waals surface area contributed by atoms with Crippen molar-refractivity contribution in [2.24, 2.45) is 0 Å². The summed E-state index contributed by atoms with van der Waals surface area (Å²) in [5.74, 6) is 0.935. The third kappa shape index (κ3) is 3.45. The van der Waals surface area contributed by atoms with E-state index in [1.54, 1.807) is 7.11 Å². The van der Waals surface area contributed by atoms with Crippen LogP contribution in [-0.4, -0.2) is 20.7 Å². The predicted octanol–water partition coefficient (Wildman–Crippen LogP) is 3.72. The van der Waals surface area contributed by atoms with E-state index in [-0.39, 0.29) is 0 Å². The van der Waals surface area contributed by atoms with E-state index < -0.39 is 0 Å². The maximum absolute atomic E-state index is 6.05. The first-order chi connectivity index (χ1) is 9.61. The number of ether oxygens (including phenoxy) is 1. The van der Waals surface area contributed by atoms with Gasteiger partial charge in [0.15, 0.2) is 0 Å². The van der Waals surface area contributed by atoms with Crippen molar-refractivity contribution in [3.8, 4) is 5.75 Å². The molecule has 20 heavy (non-hydrogen) atoms. The lowest BCUT2D eigenvalue weighted by atomic mass is 10.1. The van der Waals surface area contributed by atoms with Gasteiger partial charge in [0.1, 0.15) is 5.75 Å². The quantitative estimate of drug-likeness (QED) is 0.847. The number of hydrogen-bond acceptors (Lipinski definition) is 3. The first kappa shape index (κ1) is 14.7. The number of methoxy groups -OCH3 is 1. The van der Waals surface area contributed by atoms with Gasteiger partial charge in [-0.1, -0.05) is 34.1 Å². The van der Waals surface area contributed by atoms with Gasteiger partial charge in [-0.25, -0.2) is 0 Å². The maximum atomic E-state index is 6.05. The van der Waals surface area contributed by atoms with Gasteiger partial charge in [0.25, 0.3) is 0 Å². The molecule has 0 heterocycles. The van der Waals surface area contributed by atoms with E-state index in [4.69, 9.17) is 10.5 Å². The molecule has 0 atom stereocenters. The molecule has 2 N–H and O–H groups in total. The SMILES string of the molecule is COc1ccccc1CCN(C)c1ccc(Br)cc1N. The van der Waals surface area contributed by atoms with Crippen LogP contribution in [0.3, 0.4) is 0 Å². The standard InChI is InChI=1S/C16H19BrN2O/c1-19(15-8-7-13(17)11-14(15)18)10-9-12-5-3-4-6-16(12)20-2/h3-8,11H,9-10,18H2,1-2H3. The minimum Gasteiger partial charge on any atom is -0.496 e. The van der Waals surface area contributed by atoms with Crippen LogP contribution in [0.1, 0.15) is 5.56 Å². The van der Waals surface area contributed by atoms with Crippen LogP contribution in [0, 0.1) is 0 Å². The molecule has 0 unspecified atom stereocenters. The minimum absolute atomic E-state index is 0.780. The molecule has 2 aromatic rings. The summed E-state index contributed by atoms with van der Waals surface area (Å²) in [4.78, 5) is 2.16. The van der Waals surface area contributed by atoms with E-state index in [0.717, 1.165) is 34.6 Å². The summed E-state index contributed by atoms with van der Waals surface area (Å²) in [5, 5.41) is 0. The fourth-order valence-electron chi connectivity index (χ4n) is 2.19. The van der Waals surface area contributed by atoms with Gasteiger partial charge in [0.2, 0.25) is 0 Å². The predicted molar refractivity (Wildman–Crippen MR) is 88.5 cm³/mol. The Labute approximate surface area is 128 Å². The molecule has 0 fully saturated rings. The van der Waals surface area contributed by atoms with Crippen molar-refractivity contribution < 1.29 is 4.74 Å². The van der Waals surface area contributed by atoms with Crippen LogP contribution in [0.4, 0.5) is 11.4 Å². The number of para-hydroxylation sites is 1. The van der Waals surface area contributed by atoms with E-state index in [9.17, 15) is 0 Å². The number of nitrogen functional groups attached to an aromatic ring is 1. The van der Waals surface area contributed by atoms with Gasteiger partial charge < -0.3 is 15.4 Å². The van der Waals surface area contributed by atoms with Crippen LogP contribution in [-0.2, 0) is 6.42 Å². The molecule has 106 valence electrons. The summed E-state index contributed by atoms with van der Waals surface area (Å²) < 4.78 is 6.37. The Balaban J connectivity index is 2.06. The van der Waals surface area contributed by atoms with Gasteiger partial charge in [-0.15, -0.1) is 0 Å². The number of halogens is 1. The third-order valence-corrected chi connectivity index (χ3v) is 3.80. The van der Waals surface area contributed by atoms with Crippen molar-refractivity contribution in [3.05, 3.63) is 52.5 Å². The van der Waals surface area contributed by atoms with Gasteiger partial charge >= 0.3 is 0 Å². The first-order valence-corrected chi connectivity index (χ1v) is 7.29. The fourth-order valence-corrected chi connectivity index (χ4v) is 2.57. The molecule has 0 aliphatic rings. The van der Waals surface area contributed by atoms with Gasteiger partial charge in [-0.3, -0.25) is 0 Å². The van der Waals surface area contributed by atoms with E-state index in [1.165, 1.54) is 5.56 Å². The molecule has 0 aromatic heterocycles. The molecule has 0 radical (unpaired) electrons. The molecule has 0 amide bonds. The molecule has 0 spiro atoms. The lowest BCUT2D eigenvalue weighted by molar-refractivity contribution is 0.409. The molecule has 4 heteroatoms. The average molecular weight is 335 g/mol. The Morgan fingerprint density at radius 2 is 1.95 bits per heavy atom. The molecular weight excluding hydrogens is 316 g/mol. The van der Waals surface area contributed by atoms with Crippen molar-refractivity contribution in [1.29, 1.82) is 0 Å². The number of nitrogens with zero attached hydrogens (tertiary/aromatic N) is 1. The molecule has 2 rings (SSSR count). The number of benzene rings is 2. The van der Waals surface area contributed by atoms with Crippen molar-refractivity contribution >= 4 is 27.3 Å². The normalized spacial score (nSPS) is 10.3.